The Kier molecular flexibility index (Phi) is 5.57. The second kappa shape index (κ2) is 6.70. The molecule has 0 saturated heterocycles. The van der Waals surface area contributed by atoms with Crippen LogP contribution in [-0.2, 0) is 11.3 Å². The fourth-order valence-corrected chi connectivity index (χ4v) is 2.31. The molecule has 0 spiro atoms. The van der Waals surface area contributed by atoms with Crippen LogP contribution in [0, 0.1) is 6.92 Å². The van der Waals surface area contributed by atoms with Gasteiger partial charge in [0.1, 0.15) is 4.88 Å². The van der Waals surface area contributed by atoms with E-state index in [9.17, 15) is 4.79 Å². The Labute approximate surface area is 104 Å². The smallest absolute Gasteiger partial charge is 0.345 e. The van der Waals surface area contributed by atoms with Crippen LogP contribution in [0.4, 0.5) is 0 Å². The number of hydrogen-bond donors (Lipinski definition) is 3. The van der Waals surface area contributed by atoms with Crippen LogP contribution >= 0.6 is 11.3 Å². The molecular formula is C11H17NO4S. The first-order chi connectivity index (χ1) is 8.08. The average Bonchev–Trinajstić information content (AvgIpc) is 2.66. The molecule has 0 amide bonds. The molecule has 3 N–H and O–H groups in total. The topological polar surface area (TPSA) is 78.8 Å². The SMILES string of the molecule is COCC(CO)NCc1cc(C(=O)O)sc1C. The number of aliphatic hydroxyl groups is 1. The van der Waals surface area contributed by atoms with E-state index in [0.717, 1.165) is 10.4 Å². The van der Waals surface area contributed by atoms with Crippen LogP contribution < -0.4 is 5.32 Å². The van der Waals surface area contributed by atoms with Gasteiger partial charge in [0.15, 0.2) is 0 Å². The molecule has 0 bridgehead atoms. The van der Waals surface area contributed by atoms with Crippen molar-refractivity contribution in [3.05, 3.63) is 21.4 Å². The van der Waals surface area contributed by atoms with E-state index in [2.05, 4.69) is 5.32 Å². The van der Waals surface area contributed by atoms with Crippen LogP contribution in [0.25, 0.3) is 0 Å². The first-order valence-electron chi connectivity index (χ1n) is 5.24. The molecule has 0 saturated carbocycles. The second-order valence-electron chi connectivity index (χ2n) is 3.71. The summed E-state index contributed by atoms with van der Waals surface area (Å²) in [6.07, 6.45) is 0. The van der Waals surface area contributed by atoms with Crippen molar-refractivity contribution in [1.82, 2.24) is 5.32 Å². The van der Waals surface area contributed by atoms with Gasteiger partial charge in [0, 0.05) is 18.5 Å². The van der Waals surface area contributed by atoms with Gasteiger partial charge in [-0.15, -0.1) is 11.3 Å². The van der Waals surface area contributed by atoms with E-state index in [0.29, 0.717) is 18.0 Å². The Morgan fingerprint density at radius 1 is 1.65 bits per heavy atom. The normalized spacial score (nSPS) is 12.6. The predicted molar refractivity (Wildman–Crippen MR) is 65.6 cm³/mol. The highest BCUT2D eigenvalue weighted by Gasteiger charge is 2.12. The van der Waals surface area contributed by atoms with Gasteiger partial charge in [-0.25, -0.2) is 4.79 Å². The van der Waals surface area contributed by atoms with Gasteiger partial charge in [0.2, 0.25) is 0 Å². The minimum Gasteiger partial charge on any atom is -0.477 e. The molecule has 1 aromatic heterocycles. The van der Waals surface area contributed by atoms with Crippen molar-refractivity contribution in [2.45, 2.75) is 19.5 Å². The van der Waals surface area contributed by atoms with E-state index in [1.54, 1.807) is 13.2 Å². The first-order valence-corrected chi connectivity index (χ1v) is 6.06. The van der Waals surface area contributed by atoms with Gasteiger partial charge >= 0.3 is 5.97 Å². The average molecular weight is 259 g/mol. The zero-order valence-corrected chi connectivity index (χ0v) is 10.7. The van der Waals surface area contributed by atoms with Gasteiger partial charge in [-0.1, -0.05) is 0 Å². The van der Waals surface area contributed by atoms with E-state index >= 15 is 0 Å². The van der Waals surface area contributed by atoms with Crippen molar-refractivity contribution in [2.75, 3.05) is 20.3 Å². The van der Waals surface area contributed by atoms with E-state index in [1.165, 1.54) is 11.3 Å². The number of hydrogen-bond acceptors (Lipinski definition) is 5. The maximum absolute atomic E-state index is 10.8. The predicted octanol–water partition coefficient (Wildman–Crippen LogP) is 0.852. The molecule has 0 aliphatic rings. The van der Waals surface area contributed by atoms with Gasteiger partial charge in [0.05, 0.1) is 19.3 Å². The summed E-state index contributed by atoms with van der Waals surface area (Å²) in [5.41, 5.74) is 0.946. The largest absolute Gasteiger partial charge is 0.477 e. The summed E-state index contributed by atoms with van der Waals surface area (Å²) >= 11 is 1.26. The number of aromatic carboxylic acids is 1. The lowest BCUT2D eigenvalue weighted by molar-refractivity contribution is 0.0702. The van der Waals surface area contributed by atoms with Crippen LogP contribution in [0.15, 0.2) is 6.07 Å². The summed E-state index contributed by atoms with van der Waals surface area (Å²) in [5, 5.41) is 21.0. The van der Waals surface area contributed by atoms with E-state index in [4.69, 9.17) is 14.9 Å². The van der Waals surface area contributed by atoms with Gasteiger partial charge < -0.3 is 20.3 Å². The molecule has 0 fully saturated rings. The molecule has 0 aromatic carbocycles. The number of nitrogens with one attached hydrogen (secondary N) is 1. The van der Waals surface area contributed by atoms with Crippen LogP contribution in [0.5, 0.6) is 0 Å². The van der Waals surface area contributed by atoms with Crippen LogP contribution in [-0.4, -0.2) is 42.5 Å². The van der Waals surface area contributed by atoms with Gasteiger partial charge in [-0.05, 0) is 18.6 Å². The molecule has 0 aliphatic carbocycles. The third-order valence-corrected chi connectivity index (χ3v) is 3.48. The summed E-state index contributed by atoms with van der Waals surface area (Å²) in [5.74, 6) is -0.903. The molecule has 0 aliphatic heterocycles. The van der Waals surface area contributed by atoms with E-state index < -0.39 is 5.97 Å². The molecule has 17 heavy (non-hydrogen) atoms. The highest BCUT2D eigenvalue weighted by molar-refractivity contribution is 7.14. The molecule has 6 heteroatoms. The number of rotatable bonds is 7. The summed E-state index contributed by atoms with van der Waals surface area (Å²) in [4.78, 5) is 12.1. The van der Waals surface area contributed by atoms with E-state index in [-0.39, 0.29) is 12.6 Å². The minimum atomic E-state index is -0.903. The third kappa shape index (κ3) is 4.08. The van der Waals surface area contributed by atoms with Crippen LogP contribution in [0.1, 0.15) is 20.1 Å². The number of carbonyl (C=O) groups is 1. The summed E-state index contributed by atoms with van der Waals surface area (Å²) in [6, 6.07) is 1.53. The number of carboxylic acids is 1. The van der Waals surface area contributed by atoms with Crippen molar-refractivity contribution >= 4 is 17.3 Å². The van der Waals surface area contributed by atoms with Gasteiger partial charge in [-0.2, -0.15) is 0 Å². The van der Waals surface area contributed by atoms with Crippen LogP contribution in [0.2, 0.25) is 0 Å². The van der Waals surface area contributed by atoms with Crippen molar-refractivity contribution in [3.8, 4) is 0 Å². The highest BCUT2D eigenvalue weighted by Crippen LogP contribution is 2.21. The fourth-order valence-electron chi connectivity index (χ4n) is 1.43. The minimum absolute atomic E-state index is 0.0111. The Bertz CT molecular complexity index is 378. The molecule has 1 rings (SSSR count). The van der Waals surface area contributed by atoms with Crippen molar-refractivity contribution in [2.24, 2.45) is 0 Å². The number of ether oxygens (including phenoxy) is 1. The van der Waals surface area contributed by atoms with Crippen molar-refractivity contribution in [1.29, 1.82) is 0 Å². The number of methoxy groups -OCH3 is 1. The van der Waals surface area contributed by atoms with Crippen molar-refractivity contribution < 1.29 is 19.7 Å². The maximum atomic E-state index is 10.8. The van der Waals surface area contributed by atoms with Gasteiger partial charge in [-0.3, -0.25) is 0 Å². The standard InChI is InChI=1S/C11H17NO4S/c1-7-8(3-10(17-7)11(14)15)4-12-9(5-13)6-16-2/h3,9,12-13H,4-6H2,1-2H3,(H,14,15). The number of aliphatic hydroxyl groups excluding tert-OH is 1. The number of aryl methyl sites for hydroxylation is 1. The highest BCUT2D eigenvalue weighted by atomic mass is 32.1. The zero-order valence-electron chi connectivity index (χ0n) is 9.90. The molecule has 1 heterocycles. The fraction of sp³-hybridized carbons (Fsp3) is 0.545. The zero-order chi connectivity index (χ0) is 12.8. The first kappa shape index (κ1) is 14.1. The molecule has 1 aromatic rings. The molecule has 5 nitrogen and oxygen atoms in total. The van der Waals surface area contributed by atoms with E-state index in [1.807, 2.05) is 6.92 Å². The Balaban J connectivity index is 2.59. The van der Waals surface area contributed by atoms with Crippen molar-refractivity contribution in [3.63, 3.8) is 0 Å². The molecule has 1 atom stereocenters. The summed E-state index contributed by atoms with van der Waals surface area (Å²) in [7, 11) is 1.57. The monoisotopic (exact) mass is 259 g/mol. The Morgan fingerprint density at radius 2 is 2.35 bits per heavy atom. The number of carboxylic acid groups (broad SMARTS) is 1. The Hall–Kier alpha value is -0.950. The second-order valence-corrected chi connectivity index (χ2v) is 4.97. The third-order valence-electron chi connectivity index (χ3n) is 2.40. The lowest BCUT2D eigenvalue weighted by atomic mass is 10.2. The maximum Gasteiger partial charge on any atom is 0.345 e. The van der Waals surface area contributed by atoms with Gasteiger partial charge in [0.25, 0.3) is 0 Å². The molecule has 1 unspecified atom stereocenters. The molecule has 96 valence electrons. The lowest BCUT2D eigenvalue weighted by Crippen LogP contribution is -2.35. The number of thiophene rings is 1. The summed E-state index contributed by atoms with van der Waals surface area (Å²) in [6.45, 7) is 2.83. The lowest BCUT2D eigenvalue weighted by Gasteiger charge is -2.14. The molecule has 0 radical (unpaired) electrons. The quantitative estimate of drug-likeness (QED) is 0.676. The summed E-state index contributed by atoms with van der Waals surface area (Å²) < 4.78 is 4.94. The Morgan fingerprint density at radius 3 is 2.82 bits per heavy atom. The van der Waals surface area contributed by atoms with Crippen LogP contribution in [0.3, 0.4) is 0 Å². The molecular weight excluding hydrogens is 242 g/mol.